The van der Waals surface area contributed by atoms with Crippen molar-refractivity contribution in [3.63, 3.8) is 0 Å². The van der Waals surface area contributed by atoms with Gasteiger partial charge < -0.3 is 14.8 Å². The molecule has 0 unspecified atom stereocenters. The molecule has 0 saturated carbocycles. The minimum absolute atomic E-state index is 0.00519. The van der Waals surface area contributed by atoms with Crippen LogP contribution in [0.25, 0.3) is 16.8 Å². The largest absolute Gasteiger partial charge is 0.490 e. The summed E-state index contributed by atoms with van der Waals surface area (Å²) in [4.78, 5) is 28.2. The molecule has 0 aliphatic carbocycles. The first-order chi connectivity index (χ1) is 19.3. The zero-order valence-electron chi connectivity index (χ0n) is 21.6. The number of nitrogens with one attached hydrogen (secondary N) is 1. The highest BCUT2D eigenvalue weighted by Gasteiger charge is 2.25. The zero-order chi connectivity index (χ0) is 28.2. The van der Waals surface area contributed by atoms with E-state index in [1.807, 2.05) is 37.3 Å². The van der Waals surface area contributed by atoms with Gasteiger partial charge in [-0.2, -0.15) is 0 Å². The molecule has 0 aromatic heterocycles. The van der Waals surface area contributed by atoms with E-state index in [1.54, 1.807) is 19.1 Å². The first-order valence-corrected chi connectivity index (χ1v) is 14.3. The number of ether oxygens (including phenoxy) is 2. The molecule has 1 fully saturated rings. The summed E-state index contributed by atoms with van der Waals surface area (Å²) in [5.41, 5.74) is 3.06. The lowest BCUT2D eigenvalue weighted by molar-refractivity contribution is -0.384. The second-order valence-electron chi connectivity index (χ2n) is 8.90. The molecule has 0 atom stereocenters. The van der Waals surface area contributed by atoms with Crippen LogP contribution in [-0.4, -0.2) is 22.6 Å². The Morgan fingerprint density at radius 3 is 2.65 bits per heavy atom. The molecular weight excluding hydrogens is 641 g/mol. The van der Waals surface area contributed by atoms with Crippen molar-refractivity contribution in [2.24, 2.45) is 4.99 Å². The number of hydrogen-bond donors (Lipinski definition) is 1. The van der Waals surface area contributed by atoms with Crippen molar-refractivity contribution in [3.05, 3.63) is 108 Å². The zero-order valence-corrected chi connectivity index (χ0v) is 24.6. The monoisotopic (exact) mass is 665 g/mol. The molecule has 10 heteroatoms. The van der Waals surface area contributed by atoms with Gasteiger partial charge in [-0.15, -0.1) is 0 Å². The first-order valence-electron chi connectivity index (χ1n) is 12.4. The average Bonchev–Trinajstić information content (AvgIpc) is 3.27. The predicted molar refractivity (Wildman–Crippen MR) is 167 cm³/mol. The Bertz CT molecular complexity index is 1700. The molecule has 1 aliphatic heterocycles. The maximum absolute atomic E-state index is 12.7. The van der Waals surface area contributed by atoms with Crippen LogP contribution in [0.3, 0.4) is 0 Å². The fourth-order valence-corrected chi connectivity index (χ4v) is 5.88. The fraction of sp³-hybridized carbons (Fsp3) is 0.133. The van der Waals surface area contributed by atoms with Gasteiger partial charge in [0.1, 0.15) is 6.61 Å². The van der Waals surface area contributed by atoms with E-state index in [-0.39, 0.29) is 11.6 Å². The Morgan fingerprint density at radius 1 is 1.07 bits per heavy atom. The Kier molecular flexibility index (Phi) is 8.36. The predicted octanol–water partition coefficient (Wildman–Crippen LogP) is 7.53. The normalized spacial score (nSPS) is 15.0. The lowest BCUT2D eigenvalue weighted by atomic mass is 10.1. The summed E-state index contributed by atoms with van der Waals surface area (Å²) in [5, 5.41) is 16.5. The molecule has 1 amide bonds. The number of halogens is 1. The summed E-state index contributed by atoms with van der Waals surface area (Å²) in [6.07, 6.45) is 1.78. The van der Waals surface area contributed by atoms with Gasteiger partial charge in [-0.05, 0) is 99.9 Å². The van der Waals surface area contributed by atoms with Crippen LogP contribution in [0.2, 0.25) is 0 Å². The van der Waals surface area contributed by atoms with Crippen LogP contribution in [0, 0.1) is 20.6 Å². The number of carbonyl (C=O) groups is 1. The van der Waals surface area contributed by atoms with Gasteiger partial charge >= 0.3 is 0 Å². The number of thioether (sulfide) groups is 1. The van der Waals surface area contributed by atoms with Gasteiger partial charge in [0.15, 0.2) is 16.7 Å². The van der Waals surface area contributed by atoms with Gasteiger partial charge in [0.05, 0.1) is 25.7 Å². The SMILES string of the molecule is CCOc1cc(/C=C2/SC(=Nc3ccc([N+](=O)[O-])cc3C)NC2=O)cc(I)c1OCc1cccc2ccccc12. The Hall–Kier alpha value is -3.90. The summed E-state index contributed by atoms with van der Waals surface area (Å²) < 4.78 is 13.1. The maximum Gasteiger partial charge on any atom is 0.269 e. The second kappa shape index (κ2) is 12.1. The number of rotatable bonds is 8. The molecule has 0 radical (unpaired) electrons. The van der Waals surface area contributed by atoms with Crippen molar-refractivity contribution in [3.8, 4) is 11.5 Å². The van der Waals surface area contributed by atoms with Crippen LogP contribution in [-0.2, 0) is 11.4 Å². The molecule has 0 spiro atoms. The Balaban J connectivity index is 1.38. The number of benzene rings is 4. The number of nitro groups is 1. The van der Waals surface area contributed by atoms with Crippen LogP contribution in [0.5, 0.6) is 11.5 Å². The molecule has 1 aliphatic rings. The van der Waals surface area contributed by atoms with Gasteiger partial charge in [0.2, 0.25) is 0 Å². The van der Waals surface area contributed by atoms with Gasteiger partial charge in [-0.25, -0.2) is 4.99 Å². The number of aliphatic imine (C=N–C) groups is 1. The number of fused-ring (bicyclic) bond motifs is 1. The van der Waals surface area contributed by atoms with Crippen molar-refractivity contribution in [2.45, 2.75) is 20.5 Å². The molecular formula is C30H24IN3O5S. The smallest absolute Gasteiger partial charge is 0.269 e. The quantitative estimate of drug-likeness (QED) is 0.0904. The van der Waals surface area contributed by atoms with Crippen LogP contribution >= 0.6 is 34.4 Å². The molecule has 1 N–H and O–H groups in total. The number of non-ortho nitro benzene ring substituents is 1. The van der Waals surface area contributed by atoms with Crippen molar-refractivity contribution in [1.29, 1.82) is 0 Å². The molecule has 5 rings (SSSR count). The summed E-state index contributed by atoms with van der Waals surface area (Å²) in [6.45, 7) is 4.50. The highest BCUT2D eigenvalue weighted by atomic mass is 127. The highest BCUT2D eigenvalue weighted by Crippen LogP contribution is 2.37. The van der Waals surface area contributed by atoms with Crippen molar-refractivity contribution in [2.75, 3.05) is 6.61 Å². The number of carbonyl (C=O) groups excluding carboxylic acids is 1. The number of nitrogens with zero attached hydrogens (tertiary/aromatic N) is 2. The number of nitro benzene ring substituents is 1. The Morgan fingerprint density at radius 2 is 1.88 bits per heavy atom. The third-order valence-electron chi connectivity index (χ3n) is 6.15. The van der Waals surface area contributed by atoms with Crippen LogP contribution < -0.4 is 14.8 Å². The third kappa shape index (κ3) is 6.13. The van der Waals surface area contributed by atoms with Crippen LogP contribution in [0.1, 0.15) is 23.6 Å². The van der Waals surface area contributed by atoms with E-state index in [1.165, 1.54) is 23.9 Å². The maximum atomic E-state index is 12.7. The molecule has 4 aromatic carbocycles. The van der Waals surface area contributed by atoms with Crippen molar-refractivity contribution in [1.82, 2.24) is 5.32 Å². The fourth-order valence-electron chi connectivity index (χ4n) is 4.26. The second-order valence-corrected chi connectivity index (χ2v) is 11.1. The average molecular weight is 666 g/mol. The van der Waals surface area contributed by atoms with Crippen molar-refractivity contribution >= 4 is 73.7 Å². The highest BCUT2D eigenvalue weighted by molar-refractivity contribution is 14.1. The third-order valence-corrected chi connectivity index (χ3v) is 7.86. The number of aryl methyl sites for hydroxylation is 1. The molecule has 1 saturated heterocycles. The molecule has 0 bridgehead atoms. The van der Waals surface area contributed by atoms with Crippen molar-refractivity contribution < 1.29 is 19.2 Å². The number of hydrogen-bond acceptors (Lipinski definition) is 7. The molecule has 202 valence electrons. The van der Waals surface area contributed by atoms with E-state index < -0.39 is 4.92 Å². The van der Waals surface area contributed by atoms with Gasteiger partial charge in [0, 0.05) is 12.1 Å². The number of amides is 1. The van der Waals surface area contributed by atoms with E-state index in [4.69, 9.17) is 9.47 Å². The molecule has 40 heavy (non-hydrogen) atoms. The van der Waals surface area contributed by atoms with E-state index in [9.17, 15) is 14.9 Å². The van der Waals surface area contributed by atoms with Crippen LogP contribution in [0.15, 0.2) is 82.7 Å². The van der Waals surface area contributed by atoms with E-state index >= 15 is 0 Å². The molecule has 8 nitrogen and oxygen atoms in total. The van der Waals surface area contributed by atoms with Gasteiger partial charge in [-0.3, -0.25) is 14.9 Å². The standard InChI is InChI=1S/C30H24IN3O5S/c1-3-38-26-15-19(14-24(31)28(26)39-17-21-9-6-8-20-7-4-5-10-23(20)21)16-27-29(35)33-30(40-27)32-25-12-11-22(34(36)37)13-18(25)2/h4-16H,3,17H2,1-2H3,(H,32,33,35)/b27-16+. The van der Waals surface area contributed by atoms with Gasteiger partial charge in [0.25, 0.3) is 11.6 Å². The van der Waals surface area contributed by atoms with E-state index in [0.29, 0.717) is 46.0 Å². The number of amidine groups is 1. The summed E-state index contributed by atoms with van der Waals surface area (Å²) in [5.74, 6) is 0.977. The Labute approximate surface area is 248 Å². The minimum atomic E-state index is -0.450. The summed E-state index contributed by atoms with van der Waals surface area (Å²) in [7, 11) is 0. The molecule has 1 heterocycles. The summed E-state index contributed by atoms with van der Waals surface area (Å²) in [6, 6.07) is 22.6. The van der Waals surface area contributed by atoms with E-state index in [0.717, 1.165) is 25.5 Å². The van der Waals surface area contributed by atoms with Crippen LogP contribution in [0.4, 0.5) is 11.4 Å². The summed E-state index contributed by atoms with van der Waals surface area (Å²) >= 11 is 3.43. The lowest BCUT2D eigenvalue weighted by Crippen LogP contribution is -2.19. The lowest BCUT2D eigenvalue weighted by Gasteiger charge is -2.16. The molecule has 4 aromatic rings. The van der Waals surface area contributed by atoms with Gasteiger partial charge in [-0.1, -0.05) is 42.5 Å². The topological polar surface area (TPSA) is 103 Å². The first kappa shape index (κ1) is 27.7. The van der Waals surface area contributed by atoms with E-state index in [2.05, 4.69) is 57.2 Å². The minimum Gasteiger partial charge on any atom is -0.490 e.